The van der Waals surface area contributed by atoms with Gasteiger partial charge in [-0.3, -0.25) is 14.4 Å². The first-order chi connectivity index (χ1) is 21.2. The summed E-state index contributed by atoms with van der Waals surface area (Å²) in [5.41, 5.74) is 0.526. The highest BCUT2D eigenvalue weighted by atomic mass is 19.1. The van der Waals surface area contributed by atoms with Crippen LogP contribution >= 0.6 is 0 Å². The molecule has 5 rings (SSSR count). The van der Waals surface area contributed by atoms with Gasteiger partial charge in [0, 0.05) is 36.6 Å². The quantitative estimate of drug-likeness (QED) is 0.0815. The Hall–Kier alpha value is -5.45. The van der Waals surface area contributed by atoms with Gasteiger partial charge < -0.3 is 28.4 Å². The summed E-state index contributed by atoms with van der Waals surface area (Å²) in [6, 6.07) is 16.1. The highest BCUT2D eigenvalue weighted by Gasteiger charge is 2.13. The molecule has 0 spiro atoms. The molecule has 10 nitrogen and oxygen atoms in total. The second kappa shape index (κ2) is 13.7. The van der Waals surface area contributed by atoms with Crippen molar-refractivity contribution >= 4 is 33.8 Å². The predicted octanol–water partition coefficient (Wildman–Crippen LogP) is 5.80. The van der Waals surface area contributed by atoms with Crippen LogP contribution in [0.25, 0.3) is 21.9 Å². The van der Waals surface area contributed by atoms with Gasteiger partial charge in [0.25, 0.3) is 5.91 Å². The number of fused-ring (bicyclic) bond motifs is 2. The lowest BCUT2D eigenvalue weighted by Crippen LogP contribution is -2.29. The third-order valence-electron chi connectivity index (χ3n) is 6.66. The molecule has 0 radical (unpaired) electrons. The van der Waals surface area contributed by atoms with E-state index < -0.39 is 22.8 Å². The molecule has 11 heteroatoms. The highest BCUT2D eigenvalue weighted by molar-refractivity contribution is 5.82. The number of carbonyl (C=O) groups is 2. The number of halogens is 1. The molecule has 0 unspecified atom stereocenters. The van der Waals surface area contributed by atoms with Crippen LogP contribution in [-0.2, 0) is 9.59 Å². The molecule has 0 aliphatic rings. The number of rotatable bonds is 12. The first-order valence-electron chi connectivity index (χ1n) is 13.9. The van der Waals surface area contributed by atoms with Crippen molar-refractivity contribution in [1.29, 1.82) is 0 Å². The lowest BCUT2D eigenvalue weighted by molar-refractivity contribution is -0.134. The summed E-state index contributed by atoms with van der Waals surface area (Å²) in [4.78, 5) is 48.8. The van der Waals surface area contributed by atoms with E-state index >= 15 is 0 Å². The number of hydrogen-bond donors (Lipinski definition) is 1. The number of hydrogen-bond acceptors (Lipinski definition) is 9. The van der Waals surface area contributed by atoms with Crippen LogP contribution in [0, 0.1) is 12.7 Å². The minimum atomic E-state index is -0.451. The van der Waals surface area contributed by atoms with E-state index in [1.54, 1.807) is 18.2 Å². The monoisotopic (exact) mass is 601 g/mol. The zero-order valence-corrected chi connectivity index (χ0v) is 23.7. The first kappa shape index (κ1) is 30.0. The summed E-state index contributed by atoms with van der Waals surface area (Å²) in [5, 5.41) is 3.79. The molecule has 3 aromatic carbocycles. The number of amides is 1. The van der Waals surface area contributed by atoms with Crippen LogP contribution in [0.4, 0.5) is 4.39 Å². The van der Waals surface area contributed by atoms with Crippen molar-refractivity contribution in [2.45, 2.75) is 32.6 Å². The Morgan fingerprint density at radius 2 is 1.57 bits per heavy atom. The fraction of sp³-hybridized carbons (Fsp3) is 0.212. The second-order valence-corrected chi connectivity index (χ2v) is 9.97. The lowest BCUT2D eigenvalue weighted by Gasteiger charge is -2.09. The van der Waals surface area contributed by atoms with E-state index in [4.69, 9.17) is 23.0 Å². The maximum absolute atomic E-state index is 13.1. The number of esters is 1. The van der Waals surface area contributed by atoms with Crippen LogP contribution in [0.1, 0.15) is 31.2 Å². The molecule has 1 N–H and O–H groups in total. The Bertz CT molecular complexity index is 1930. The van der Waals surface area contributed by atoms with Gasteiger partial charge in [0.2, 0.25) is 11.2 Å². The molecule has 0 atom stereocenters. The van der Waals surface area contributed by atoms with Crippen molar-refractivity contribution in [1.82, 2.24) is 5.32 Å². The van der Waals surface area contributed by atoms with Gasteiger partial charge in [-0.05, 0) is 73.9 Å². The van der Waals surface area contributed by atoms with Gasteiger partial charge >= 0.3 is 11.6 Å². The molecular formula is C33H28FNO9. The zero-order valence-electron chi connectivity index (χ0n) is 23.7. The van der Waals surface area contributed by atoms with Gasteiger partial charge in [-0.15, -0.1) is 0 Å². The topological polar surface area (TPSA) is 134 Å². The average Bonchev–Trinajstić information content (AvgIpc) is 3.00. The minimum Gasteiger partial charge on any atom is -0.484 e. The maximum Gasteiger partial charge on any atom is 0.336 e. The summed E-state index contributed by atoms with van der Waals surface area (Å²) in [7, 11) is 0. The third kappa shape index (κ3) is 7.68. The van der Waals surface area contributed by atoms with E-state index in [1.165, 1.54) is 48.5 Å². The van der Waals surface area contributed by atoms with Gasteiger partial charge in [-0.1, -0.05) is 6.42 Å². The van der Waals surface area contributed by atoms with Crippen LogP contribution in [-0.4, -0.2) is 25.0 Å². The second-order valence-electron chi connectivity index (χ2n) is 9.97. The Morgan fingerprint density at radius 3 is 2.39 bits per heavy atom. The number of aryl methyl sites for hydroxylation is 1. The molecule has 0 aliphatic heterocycles. The standard InChI is InChI=1S/C33H28FNO9/c1-20-15-32(38)44-28-16-23(10-12-25(20)28)40-19-30(36)35-14-4-2-3-5-31(37)43-24-11-13-26-27(17-24)41-18-29(33(26)39)42-22-8-6-21(34)7-9-22/h6-13,15-18H,2-5,14,19H2,1H3,(H,35,36). The van der Waals surface area contributed by atoms with E-state index in [-0.39, 0.29) is 47.2 Å². The van der Waals surface area contributed by atoms with Crippen molar-refractivity contribution in [3.05, 3.63) is 105 Å². The largest absolute Gasteiger partial charge is 0.484 e. The van der Waals surface area contributed by atoms with Crippen LogP contribution in [0.5, 0.6) is 23.0 Å². The zero-order chi connectivity index (χ0) is 31.1. The van der Waals surface area contributed by atoms with Crippen LogP contribution < -0.4 is 30.6 Å². The number of ether oxygens (including phenoxy) is 3. The normalized spacial score (nSPS) is 11.0. The van der Waals surface area contributed by atoms with E-state index in [0.717, 1.165) is 17.2 Å². The molecule has 226 valence electrons. The molecule has 2 aromatic heterocycles. The minimum absolute atomic E-state index is 0.0614. The van der Waals surface area contributed by atoms with Crippen molar-refractivity contribution < 1.29 is 37.0 Å². The van der Waals surface area contributed by atoms with Gasteiger partial charge in [0.15, 0.2) is 6.61 Å². The van der Waals surface area contributed by atoms with Gasteiger partial charge in [0.05, 0.1) is 5.39 Å². The lowest BCUT2D eigenvalue weighted by atomic mass is 10.1. The molecule has 0 saturated heterocycles. The number of nitrogens with one attached hydrogen (secondary N) is 1. The molecule has 1 amide bonds. The third-order valence-corrected chi connectivity index (χ3v) is 6.66. The fourth-order valence-corrected chi connectivity index (χ4v) is 4.43. The molecule has 5 aromatic rings. The van der Waals surface area contributed by atoms with Crippen molar-refractivity contribution in [3.8, 4) is 23.0 Å². The summed E-state index contributed by atoms with van der Waals surface area (Å²) in [5.74, 6) is -0.305. The van der Waals surface area contributed by atoms with E-state index in [0.29, 0.717) is 37.1 Å². The van der Waals surface area contributed by atoms with Gasteiger partial charge in [-0.2, -0.15) is 0 Å². The van der Waals surface area contributed by atoms with Crippen LogP contribution in [0.2, 0.25) is 0 Å². The van der Waals surface area contributed by atoms with E-state index in [2.05, 4.69) is 5.32 Å². The van der Waals surface area contributed by atoms with Gasteiger partial charge in [-0.25, -0.2) is 9.18 Å². The van der Waals surface area contributed by atoms with Crippen LogP contribution in [0.3, 0.4) is 0 Å². The molecule has 44 heavy (non-hydrogen) atoms. The summed E-state index contributed by atoms with van der Waals surface area (Å²) in [6.45, 7) is 2.04. The Balaban J connectivity index is 1.01. The first-order valence-corrected chi connectivity index (χ1v) is 13.9. The van der Waals surface area contributed by atoms with Crippen LogP contribution in [0.15, 0.2) is 91.4 Å². The summed E-state index contributed by atoms with van der Waals surface area (Å²) in [6.07, 6.45) is 3.21. The van der Waals surface area contributed by atoms with E-state index in [1.807, 2.05) is 6.92 Å². The summed E-state index contributed by atoms with van der Waals surface area (Å²) >= 11 is 0. The van der Waals surface area contributed by atoms with Crippen molar-refractivity contribution in [2.24, 2.45) is 0 Å². The Morgan fingerprint density at radius 1 is 0.841 bits per heavy atom. The predicted molar refractivity (Wildman–Crippen MR) is 159 cm³/mol. The average molecular weight is 602 g/mol. The number of unbranched alkanes of at least 4 members (excludes halogenated alkanes) is 2. The summed E-state index contributed by atoms with van der Waals surface area (Å²) < 4.78 is 40.2. The molecule has 0 aliphatic carbocycles. The van der Waals surface area contributed by atoms with E-state index in [9.17, 15) is 23.6 Å². The Kier molecular flexibility index (Phi) is 9.34. The highest BCUT2D eigenvalue weighted by Crippen LogP contribution is 2.25. The Labute approximate surface area is 250 Å². The fourth-order valence-electron chi connectivity index (χ4n) is 4.43. The molecule has 0 bridgehead atoms. The maximum atomic E-state index is 13.1. The number of carbonyl (C=O) groups excluding carboxylic acids is 2. The molecule has 2 heterocycles. The van der Waals surface area contributed by atoms with Crippen molar-refractivity contribution in [3.63, 3.8) is 0 Å². The smallest absolute Gasteiger partial charge is 0.336 e. The van der Waals surface area contributed by atoms with Gasteiger partial charge in [0.1, 0.15) is 40.5 Å². The molecular weight excluding hydrogens is 573 g/mol. The van der Waals surface area contributed by atoms with Crippen molar-refractivity contribution in [2.75, 3.05) is 13.2 Å². The number of benzene rings is 3. The molecule has 0 fully saturated rings. The molecule has 0 saturated carbocycles. The SMILES string of the molecule is Cc1cc(=O)oc2cc(OCC(=O)NCCCCCC(=O)Oc3ccc4c(=O)c(Oc5ccc(F)cc5)coc4c3)ccc12.